The van der Waals surface area contributed by atoms with Crippen molar-refractivity contribution in [1.82, 2.24) is 10.2 Å². The number of nitrogens with zero attached hydrogens (tertiary/aromatic N) is 1. The van der Waals surface area contributed by atoms with Crippen molar-refractivity contribution >= 4 is 17.2 Å². The zero-order chi connectivity index (χ0) is 17.6. The van der Waals surface area contributed by atoms with Gasteiger partial charge in [0.15, 0.2) is 18.2 Å². The third-order valence-corrected chi connectivity index (χ3v) is 4.94. The molecule has 1 atom stereocenters. The number of carbonyl (C=O) groups excluding carboxylic acids is 1. The van der Waals surface area contributed by atoms with Crippen LogP contribution in [0.15, 0.2) is 35.7 Å². The van der Waals surface area contributed by atoms with Gasteiger partial charge in [-0.1, -0.05) is 6.07 Å². The van der Waals surface area contributed by atoms with Crippen molar-refractivity contribution in [2.24, 2.45) is 0 Å². The number of hydrogen-bond acceptors (Lipinski definition) is 4. The molecule has 0 bridgehead atoms. The van der Waals surface area contributed by atoms with Crippen LogP contribution in [0.3, 0.4) is 0 Å². The van der Waals surface area contributed by atoms with Crippen molar-refractivity contribution in [2.45, 2.75) is 25.4 Å². The molecule has 1 aromatic carbocycles. The summed E-state index contributed by atoms with van der Waals surface area (Å²) in [5.74, 6) is -1.92. The summed E-state index contributed by atoms with van der Waals surface area (Å²) in [5, 5.41) is 4.99. The van der Waals surface area contributed by atoms with Gasteiger partial charge < -0.3 is 10.1 Å². The molecule has 1 fully saturated rings. The minimum atomic E-state index is -0.812. The van der Waals surface area contributed by atoms with Crippen LogP contribution in [0.5, 0.6) is 5.75 Å². The predicted octanol–water partition coefficient (Wildman–Crippen LogP) is 3.19. The molecule has 1 N–H and O–H groups in total. The second-order valence-electron chi connectivity index (χ2n) is 6.08. The first kappa shape index (κ1) is 17.8. The van der Waals surface area contributed by atoms with Gasteiger partial charge in [0.05, 0.1) is 0 Å². The van der Waals surface area contributed by atoms with E-state index in [4.69, 9.17) is 4.74 Å². The highest BCUT2D eigenvalue weighted by Crippen LogP contribution is 2.18. The van der Waals surface area contributed by atoms with Crippen molar-refractivity contribution in [2.75, 3.05) is 19.7 Å². The number of likely N-dealkylation sites (tertiary alicyclic amines) is 1. The van der Waals surface area contributed by atoms with Gasteiger partial charge in [-0.3, -0.25) is 9.69 Å². The Morgan fingerprint density at radius 2 is 2.24 bits per heavy atom. The average Bonchev–Trinajstić information content (AvgIpc) is 3.07. The van der Waals surface area contributed by atoms with Crippen LogP contribution < -0.4 is 10.1 Å². The van der Waals surface area contributed by atoms with E-state index in [1.54, 1.807) is 11.3 Å². The summed E-state index contributed by atoms with van der Waals surface area (Å²) in [6.45, 7) is 2.40. The Bertz CT molecular complexity index is 709. The summed E-state index contributed by atoms with van der Waals surface area (Å²) in [4.78, 5) is 15.7. The van der Waals surface area contributed by atoms with Gasteiger partial charge in [0.2, 0.25) is 0 Å². The first-order valence-corrected chi connectivity index (χ1v) is 9.10. The van der Waals surface area contributed by atoms with Crippen LogP contribution in [0.4, 0.5) is 8.78 Å². The van der Waals surface area contributed by atoms with E-state index in [1.807, 2.05) is 6.07 Å². The first-order chi connectivity index (χ1) is 12.1. The Balaban J connectivity index is 1.45. The van der Waals surface area contributed by atoms with E-state index in [0.29, 0.717) is 0 Å². The van der Waals surface area contributed by atoms with E-state index in [0.717, 1.165) is 44.6 Å². The molecular formula is C18H20F2N2O2S. The van der Waals surface area contributed by atoms with E-state index in [-0.39, 0.29) is 24.3 Å². The van der Waals surface area contributed by atoms with Gasteiger partial charge in [-0.15, -0.1) is 11.3 Å². The number of benzene rings is 1. The van der Waals surface area contributed by atoms with Gasteiger partial charge in [-0.05, 0) is 43.0 Å². The lowest BCUT2D eigenvalue weighted by Gasteiger charge is -2.32. The van der Waals surface area contributed by atoms with Gasteiger partial charge in [0, 0.05) is 30.1 Å². The Labute approximate surface area is 149 Å². The summed E-state index contributed by atoms with van der Waals surface area (Å²) in [5.41, 5.74) is 0. The molecule has 1 unspecified atom stereocenters. The fraction of sp³-hybridized carbons (Fsp3) is 0.389. The maximum atomic E-state index is 13.5. The summed E-state index contributed by atoms with van der Waals surface area (Å²) in [6.07, 6.45) is 1.93. The topological polar surface area (TPSA) is 41.6 Å². The summed E-state index contributed by atoms with van der Waals surface area (Å²) in [6, 6.07) is 7.22. The molecule has 25 heavy (non-hydrogen) atoms. The Hall–Kier alpha value is -1.99. The van der Waals surface area contributed by atoms with Gasteiger partial charge in [-0.2, -0.15) is 0 Å². The monoisotopic (exact) mass is 366 g/mol. The van der Waals surface area contributed by atoms with Crippen molar-refractivity contribution in [3.05, 3.63) is 52.2 Å². The number of rotatable bonds is 6. The molecule has 0 saturated carbocycles. The van der Waals surface area contributed by atoms with Crippen molar-refractivity contribution in [3.8, 4) is 5.75 Å². The summed E-state index contributed by atoms with van der Waals surface area (Å²) < 4.78 is 31.5. The second kappa shape index (κ2) is 8.40. The normalized spacial score (nSPS) is 18.1. The maximum Gasteiger partial charge on any atom is 0.258 e. The Morgan fingerprint density at radius 3 is 3.00 bits per heavy atom. The number of amides is 1. The quantitative estimate of drug-likeness (QED) is 0.854. The van der Waals surface area contributed by atoms with Gasteiger partial charge >= 0.3 is 0 Å². The Morgan fingerprint density at radius 1 is 1.36 bits per heavy atom. The SMILES string of the molecule is O=C(COc1ccc(F)cc1F)NC1CCCN(Cc2cccs2)C1. The molecule has 7 heteroatoms. The van der Waals surface area contributed by atoms with Crippen molar-refractivity contribution in [3.63, 3.8) is 0 Å². The zero-order valence-electron chi connectivity index (χ0n) is 13.7. The smallest absolute Gasteiger partial charge is 0.258 e. The van der Waals surface area contributed by atoms with Gasteiger partial charge in [0.25, 0.3) is 5.91 Å². The average molecular weight is 366 g/mol. The highest BCUT2D eigenvalue weighted by atomic mass is 32.1. The molecule has 2 heterocycles. The highest BCUT2D eigenvalue weighted by Gasteiger charge is 2.22. The van der Waals surface area contributed by atoms with Crippen LogP contribution in [0, 0.1) is 11.6 Å². The van der Waals surface area contributed by atoms with Gasteiger partial charge in [0.1, 0.15) is 5.82 Å². The highest BCUT2D eigenvalue weighted by molar-refractivity contribution is 7.09. The minimum absolute atomic E-state index is 0.0582. The zero-order valence-corrected chi connectivity index (χ0v) is 14.5. The largest absolute Gasteiger partial charge is 0.481 e. The summed E-state index contributed by atoms with van der Waals surface area (Å²) >= 11 is 1.73. The van der Waals surface area contributed by atoms with Crippen LogP contribution in [0.25, 0.3) is 0 Å². The van der Waals surface area contributed by atoms with Crippen molar-refractivity contribution in [1.29, 1.82) is 0 Å². The molecule has 4 nitrogen and oxygen atoms in total. The molecule has 0 radical (unpaired) electrons. The summed E-state index contributed by atoms with van der Waals surface area (Å²) in [7, 11) is 0. The molecule has 0 aliphatic carbocycles. The van der Waals surface area contributed by atoms with Crippen LogP contribution in [0.1, 0.15) is 17.7 Å². The predicted molar refractivity (Wildman–Crippen MR) is 92.6 cm³/mol. The van der Waals surface area contributed by atoms with E-state index in [9.17, 15) is 13.6 Å². The lowest BCUT2D eigenvalue weighted by atomic mass is 10.1. The van der Waals surface area contributed by atoms with E-state index in [1.165, 1.54) is 10.9 Å². The number of hydrogen-bond donors (Lipinski definition) is 1. The van der Waals surface area contributed by atoms with Crippen LogP contribution >= 0.6 is 11.3 Å². The standard InChI is InChI=1S/C18H20F2N2O2S/c19-13-5-6-17(16(20)9-13)24-12-18(23)21-14-3-1-7-22(10-14)11-15-4-2-8-25-15/h2,4-6,8-9,14H,1,3,7,10-12H2,(H,21,23). The number of halogens is 2. The lowest BCUT2D eigenvalue weighted by molar-refractivity contribution is -0.124. The third-order valence-electron chi connectivity index (χ3n) is 4.08. The minimum Gasteiger partial charge on any atom is -0.481 e. The molecule has 1 aliphatic heterocycles. The molecule has 1 aromatic heterocycles. The lowest BCUT2D eigenvalue weighted by Crippen LogP contribution is -2.48. The first-order valence-electron chi connectivity index (χ1n) is 8.22. The van der Waals surface area contributed by atoms with E-state index in [2.05, 4.69) is 21.7 Å². The number of carbonyl (C=O) groups is 1. The van der Waals surface area contributed by atoms with Crippen LogP contribution in [-0.4, -0.2) is 36.5 Å². The van der Waals surface area contributed by atoms with Gasteiger partial charge in [-0.25, -0.2) is 8.78 Å². The second-order valence-corrected chi connectivity index (χ2v) is 7.12. The molecule has 0 spiro atoms. The molecular weight excluding hydrogens is 346 g/mol. The number of nitrogens with one attached hydrogen (secondary N) is 1. The fourth-order valence-electron chi connectivity index (χ4n) is 2.94. The number of thiophene rings is 1. The molecule has 3 rings (SSSR count). The fourth-order valence-corrected chi connectivity index (χ4v) is 3.69. The van der Waals surface area contributed by atoms with E-state index >= 15 is 0 Å². The Kier molecular flexibility index (Phi) is 5.99. The molecule has 2 aromatic rings. The molecule has 1 saturated heterocycles. The number of piperidine rings is 1. The van der Waals surface area contributed by atoms with Crippen LogP contribution in [0.2, 0.25) is 0 Å². The molecule has 1 amide bonds. The number of ether oxygens (including phenoxy) is 1. The molecule has 134 valence electrons. The van der Waals surface area contributed by atoms with E-state index < -0.39 is 11.6 Å². The van der Waals surface area contributed by atoms with Crippen molar-refractivity contribution < 1.29 is 18.3 Å². The molecule has 1 aliphatic rings. The maximum absolute atomic E-state index is 13.5. The third kappa shape index (κ3) is 5.24. The van der Waals surface area contributed by atoms with Crippen LogP contribution in [-0.2, 0) is 11.3 Å².